The number of pyridine rings is 1. The van der Waals surface area contributed by atoms with E-state index in [2.05, 4.69) is 0 Å². The highest BCUT2D eigenvalue weighted by molar-refractivity contribution is 5.86. The van der Waals surface area contributed by atoms with Gasteiger partial charge in [-0.1, -0.05) is 12.8 Å². The standard InChI is InChI=1S/C14H17NO3/c16-14(17)13-12-6-5-10(4-3-9-1-2-9)11(12)7-8-15(13)18/h7-10H,1-6H2,(H,16,17)/t10-/m1/s1. The van der Waals surface area contributed by atoms with Gasteiger partial charge in [-0.25, -0.2) is 4.79 Å². The normalized spacial score (nSPS) is 21.9. The van der Waals surface area contributed by atoms with E-state index in [0.29, 0.717) is 10.6 Å². The number of carboxylic acids is 1. The Morgan fingerprint density at radius 2 is 2.17 bits per heavy atom. The average molecular weight is 247 g/mol. The molecule has 1 fully saturated rings. The van der Waals surface area contributed by atoms with E-state index in [4.69, 9.17) is 5.11 Å². The lowest BCUT2D eigenvalue weighted by atomic mass is 9.95. The molecule has 0 radical (unpaired) electrons. The SMILES string of the molecule is O=C(O)c1c2c(cc[n+]1[O-])[C@H](CCC1CC1)CC2. The second-order valence-electron chi connectivity index (χ2n) is 5.49. The van der Waals surface area contributed by atoms with Crippen molar-refractivity contribution in [3.05, 3.63) is 34.3 Å². The van der Waals surface area contributed by atoms with Crippen molar-refractivity contribution in [2.24, 2.45) is 5.92 Å². The van der Waals surface area contributed by atoms with Crippen molar-refractivity contribution < 1.29 is 14.6 Å². The predicted octanol–water partition coefficient (Wildman–Crippen LogP) is 2.24. The first-order valence-corrected chi connectivity index (χ1v) is 6.65. The fourth-order valence-corrected chi connectivity index (χ4v) is 3.08. The molecule has 3 rings (SSSR count). The zero-order valence-electron chi connectivity index (χ0n) is 10.3. The number of carboxylic acid groups (broad SMARTS) is 1. The number of aromatic nitrogens is 1. The van der Waals surface area contributed by atoms with E-state index in [9.17, 15) is 10.0 Å². The van der Waals surface area contributed by atoms with Crippen LogP contribution in [0.1, 0.15) is 59.6 Å². The summed E-state index contributed by atoms with van der Waals surface area (Å²) in [6, 6.07) is 1.82. The molecule has 1 atom stereocenters. The van der Waals surface area contributed by atoms with Crippen LogP contribution in [0.5, 0.6) is 0 Å². The Hall–Kier alpha value is -1.58. The van der Waals surface area contributed by atoms with Crippen LogP contribution in [0, 0.1) is 11.1 Å². The Bertz CT molecular complexity index is 494. The predicted molar refractivity (Wildman–Crippen MR) is 65.4 cm³/mol. The van der Waals surface area contributed by atoms with Crippen LogP contribution in [-0.4, -0.2) is 11.1 Å². The van der Waals surface area contributed by atoms with Crippen LogP contribution in [0.3, 0.4) is 0 Å². The highest BCUT2D eigenvalue weighted by Crippen LogP contribution is 2.41. The zero-order valence-corrected chi connectivity index (χ0v) is 10.3. The van der Waals surface area contributed by atoms with Crippen LogP contribution in [0.4, 0.5) is 0 Å². The molecule has 0 bridgehead atoms. The monoisotopic (exact) mass is 247 g/mol. The van der Waals surface area contributed by atoms with Gasteiger partial charge in [0.05, 0.1) is 0 Å². The highest BCUT2D eigenvalue weighted by Gasteiger charge is 2.33. The topological polar surface area (TPSA) is 64.2 Å². The molecule has 4 nitrogen and oxygen atoms in total. The van der Waals surface area contributed by atoms with Crippen molar-refractivity contribution in [3.8, 4) is 0 Å². The molecule has 2 aliphatic carbocycles. The summed E-state index contributed by atoms with van der Waals surface area (Å²) in [5, 5.41) is 20.7. The average Bonchev–Trinajstić information content (AvgIpc) is 3.07. The van der Waals surface area contributed by atoms with Gasteiger partial charge >= 0.3 is 11.7 Å². The van der Waals surface area contributed by atoms with E-state index >= 15 is 0 Å². The van der Waals surface area contributed by atoms with Gasteiger partial charge in [0.2, 0.25) is 0 Å². The van der Waals surface area contributed by atoms with Gasteiger partial charge in [0.25, 0.3) is 0 Å². The van der Waals surface area contributed by atoms with Gasteiger partial charge in [-0.2, -0.15) is 4.73 Å². The van der Waals surface area contributed by atoms with E-state index in [1.807, 2.05) is 6.07 Å². The number of carbonyl (C=O) groups is 1. The lowest BCUT2D eigenvalue weighted by molar-refractivity contribution is -0.608. The molecular formula is C14H17NO3. The molecule has 4 heteroatoms. The van der Waals surface area contributed by atoms with E-state index in [-0.39, 0.29) is 5.69 Å². The van der Waals surface area contributed by atoms with E-state index in [1.165, 1.54) is 25.5 Å². The third-order valence-electron chi connectivity index (χ3n) is 4.25. The molecule has 0 spiro atoms. The summed E-state index contributed by atoms with van der Waals surface area (Å²) in [6.45, 7) is 0. The van der Waals surface area contributed by atoms with Crippen molar-refractivity contribution in [2.45, 2.75) is 44.4 Å². The van der Waals surface area contributed by atoms with Crippen molar-refractivity contribution >= 4 is 5.97 Å². The molecule has 0 aromatic carbocycles. The number of nitrogens with zero attached hydrogens (tertiary/aromatic N) is 1. The largest absolute Gasteiger partial charge is 0.618 e. The Labute approximate surface area is 106 Å². The van der Waals surface area contributed by atoms with Gasteiger partial charge in [0.15, 0.2) is 6.20 Å². The Morgan fingerprint density at radius 1 is 1.39 bits per heavy atom. The minimum absolute atomic E-state index is 0.0681. The van der Waals surface area contributed by atoms with Crippen LogP contribution in [0.2, 0.25) is 0 Å². The highest BCUT2D eigenvalue weighted by atomic mass is 16.5. The fraction of sp³-hybridized carbons (Fsp3) is 0.571. The molecule has 96 valence electrons. The third-order valence-corrected chi connectivity index (χ3v) is 4.25. The second-order valence-corrected chi connectivity index (χ2v) is 5.49. The van der Waals surface area contributed by atoms with Gasteiger partial charge in [-0.15, -0.1) is 0 Å². The number of fused-ring (bicyclic) bond motifs is 1. The van der Waals surface area contributed by atoms with E-state index in [0.717, 1.165) is 36.3 Å². The molecule has 1 N–H and O–H groups in total. The third kappa shape index (κ3) is 1.96. The summed E-state index contributed by atoms with van der Waals surface area (Å²) < 4.78 is 0.491. The van der Waals surface area contributed by atoms with Crippen molar-refractivity contribution in [2.75, 3.05) is 0 Å². The first-order chi connectivity index (χ1) is 8.66. The second kappa shape index (κ2) is 4.26. The zero-order chi connectivity index (χ0) is 12.7. The van der Waals surface area contributed by atoms with Gasteiger partial charge in [0, 0.05) is 11.6 Å². The van der Waals surface area contributed by atoms with Crippen LogP contribution in [-0.2, 0) is 6.42 Å². The Balaban J connectivity index is 1.86. The van der Waals surface area contributed by atoms with Gasteiger partial charge in [-0.3, -0.25) is 0 Å². The summed E-state index contributed by atoms with van der Waals surface area (Å²) in [4.78, 5) is 11.1. The van der Waals surface area contributed by atoms with E-state index < -0.39 is 5.97 Å². The maximum Gasteiger partial charge on any atom is 0.402 e. The molecule has 1 heterocycles. The summed E-state index contributed by atoms with van der Waals surface area (Å²) >= 11 is 0. The Morgan fingerprint density at radius 3 is 2.83 bits per heavy atom. The summed E-state index contributed by atoms with van der Waals surface area (Å²) in [7, 11) is 0. The molecule has 0 saturated heterocycles. The molecule has 18 heavy (non-hydrogen) atoms. The van der Waals surface area contributed by atoms with E-state index in [1.54, 1.807) is 0 Å². The molecular weight excluding hydrogens is 230 g/mol. The Kier molecular flexibility index (Phi) is 2.73. The van der Waals surface area contributed by atoms with Gasteiger partial charge in [0.1, 0.15) is 0 Å². The van der Waals surface area contributed by atoms with Gasteiger partial charge < -0.3 is 10.3 Å². The first kappa shape index (κ1) is 11.5. The minimum Gasteiger partial charge on any atom is -0.618 e. The smallest absolute Gasteiger partial charge is 0.402 e. The molecule has 1 aromatic heterocycles. The van der Waals surface area contributed by atoms with Crippen LogP contribution < -0.4 is 4.73 Å². The van der Waals surface area contributed by atoms with Crippen LogP contribution in [0.15, 0.2) is 12.3 Å². The molecule has 0 amide bonds. The summed E-state index contributed by atoms with van der Waals surface area (Å²) in [5.41, 5.74) is 1.79. The minimum atomic E-state index is -1.11. The maximum atomic E-state index is 11.5. The van der Waals surface area contributed by atoms with Crippen LogP contribution in [0.25, 0.3) is 0 Å². The molecule has 1 saturated carbocycles. The molecule has 2 aliphatic rings. The summed E-state index contributed by atoms with van der Waals surface area (Å²) in [5.74, 6) is 0.255. The van der Waals surface area contributed by atoms with Crippen molar-refractivity contribution in [3.63, 3.8) is 0 Å². The maximum absolute atomic E-state index is 11.5. The number of hydrogen-bond acceptors (Lipinski definition) is 2. The van der Waals surface area contributed by atoms with Gasteiger partial charge in [-0.05, 0) is 43.1 Å². The molecule has 0 unspecified atom stereocenters. The molecule has 1 aromatic rings. The summed E-state index contributed by atoms with van der Waals surface area (Å²) in [6.07, 6.45) is 8.17. The fourth-order valence-electron chi connectivity index (χ4n) is 3.08. The number of hydrogen-bond donors (Lipinski definition) is 1. The lowest BCUT2D eigenvalue weighted by Gasteiger charge is -2.11. The lowest BCUT2D eigenvalue weighted by Crippen LogP contribution is -2.35. The number of aromatic carboxylic acids is 1. The first-order valence-electron chi connectivity index (χ1n) is 6.65. The number of rotatable bonds is 4. The van der Waals surface area contributed by atoms with Crippen molar-refractivity contribution in [1.29, 1.82) is 0 Å². The van der Waals surface area contributed by atoms with Crippen LogP contribution >= 0.6 is 0 Å². The van der Waals surface area contributed by atoms with Crippen molar-refractivity contribution in [1.82, 2.24) is 0 Å². The molecule has 0 aliphatic heterocycles. The quantitative estimate of drug-likeness (QED) is 0.655.